The highest BCUT2D eigenvalue weighted by atomic mass is 32.1. The Morgan fingerprint density at radius 3 is 2.32 bits per heavy atom. The van der Waals surface area contributed by atoms with E-state index in [1.54, 1.807) is 5.57 Å². The minimum atomic E-state index is -0.125. The van der Waals surface area contributed by atoms with Crippen LogP contribution in [0, 0.1) is 46.3 Å². The normalized spacial score (nSPS) is 41.1. The SMILES string of the molecule is CC.CCP.C[C@H](C1CC=C(CO)C(=O)C1)C1CCC2C3CC=C4CC(O)CCC4(C)C3CCC21C.S. The van der Waals surface area contributed by atoms with Gasteiger partial charge in [-0.15, -0.1) is 9.24 Å². The lowest BCUT2D eigenvalue weighted by Crippen LogP contribution is -2.51. The lowest BCUT2D eigenvalue weighted by molar-refractivity contribution is -0.118. The van der Waals surface area contributed by atoms with Crippen molar-refractivity contribution in [3.63, 3.8) is 0 Å². The van der Waals surface area contributed by atoms with Gasteiger partial charge in [-0.25, -0.2) is 0 Å². The molecule has 0 aromatic rings. The summed E-state index contributed by atoms with van der Waals surface area (Å²) in [6.07, 6.45) is 16.8. The Hall–Kier alpha value is -0.150. The number of aliphatic hydroxyl groups is 2. The van der Waals surface area contributed by atoms with Crippen molar-refractivity contribution in [1.82, 2.24) is 0 Å². The van der Waals surface area contributed by atoms with Gasteiger partial charge in [0.15, 0.2) is 5.78 Å². The number of aliphatic hydroxyl groups excluding tert-OH is 2. The van der Waals surface area contributed by atoms with E-state index < -0.39 is 0 Å². The smallest absolute Gasteiger partial charge is 0.161 e. The fraction of sp³-hybridized carbons (Fsp3) is 0.844. The molecule has 3 fully saturated rings. The first-order valence-electron chi connectivity index (χ1n) is 15.1. The molecule has 0 heterocycles. The molecule has 0 spiro atoms. The zero-order valence-electron chi connectivity index (χ0n) is 24.6. The first kappa shape index (κ1) is 33.1. The molecule has 3 nitrogen and oxygen atoms in total. The molecule has 10 atom stereocenters. The molecule has 0 aliphatic heterocycles. The number of Topliss-reactive ketones (excluding diaryl/α,β-unsaturated/α-hetero) is 1. The average Bonchev–Trinajstić information content (AvgIpc) is 3.23. The number of allylic oxidation sites excluding steroid dienone is 2. The second-order valence-electron chi connectivity index (χ2n) is 12.7. The molecular formula is C32H57O3PS. The number of carbonyl (C=O) groups excluding carboxylic acids is 1. The van der Waals surface area contributed by atoms with E-state index >= 15 is 0 Å². The van der Waals surface area contributed by atoms with E-state index in [1.807, 2.05) is 19.9 Å². The molecule has 5 aliphatic rings. The Bertz CT molecular complexity index is 825. The van der Waals surface area contributed by atoms with Crippen molar-refractivity contribution in [1.29, 1.82) is 0 Å². The van der Waals surface area contributed by atoms with Crippen molar-refractivity contribution in [2.75, 3.05) is 12.8 Å². The highest BCUT2D eigenvalue weighted by molar-refractivity contribution is 7.59. The largest absolute Gasteiger partial charge is 0.393 e. The zero-order chi connectivity index (χ0) is 26.7. The van der Waals surface area contributed by atoms with Crippen LogP contribution >= 0.6 is 22.7 Å². The van der Waals surface area contributed by atoms with Crippen molar-refractivity contribution in [2.45, 2.75) is 112 Å². The fourth-order valence-corrected chi connectivity index (χ4v) is 9.29. The Labute approximate surface area is 237 Å². The molecule has 0 aromatic carbocycles. The van der Waals surface area contributed by atoms with Crippen molar-refractivity contribution in [3.8, 4) is 0 Å². The minimum absolute atomic E-state index is 0. The second-order valence-corrected chi connectivity index (χ2v) is 13.5. The number of carbonyl (C=O) groups is 1. The Morgan fingerprint density at radius 1 is 1.03 bits per heavy atom. The van der Waals surface area contributed by atoms with E-state index in [0.717, 1.165) is 43.4 Å². The summed E-state index contributed by atoms with van der Waals surface area (Å²) in [5.74, 6) is 4.30. The van der Waals surface area contributed by atoms with E-state index in [4.69, 9.17) is 0 Å². The number of hydrogen-bond donors (Lipinski definition) is 2. The van der Waals surface area contributed by atoms with Crippen LogP contribution in [0.4, 0.5) is 0 Å². The Kier molecular flexibility index (Phi) is 12.5. The molecule has 5 aliphatic carbocycles. The van der Waals surface area contributed by atoms with Crippen LogP contribution in [0.5, 0.6) is 0 Å². The fourth-order valence-electron chi connectivity index (χ4n) is 9.29. The van der Waals surface area contributed by atoms with E-state index in [1.165, 1.54) is 38.3 Å². The molecule has 5 rings (SSSR count). The minimum Gasteiger partial charge on any atom is -0.393 e. The quantitative estimate of drug-likeness (QED) is 0.282. The highest BCUT2D eigenvalue weighted by Gasteiger charge is 2.59. The molecule has 214 valence electrons. The van der Waals surface area contributed by atoms with Gasteiger partial charge in [-0.05, 0) is 110 Å². The van der Waals surface area contributed by atoms with Gasteiger partial charge < -0.3 is 10.2 Å². The van der Waals surface area contributed by atoms with Gasteiger partial charge >= 0.3 is 0 Å². The number of fused-ring (bicyclic) bond motifs is 5. The summed E-state index contributed by atoms with van der Waals surface area (Å²) in [6, 6.07) is 0. The molecule has 2 N–H and O–H groups in total. The van der Waals surface area contributed by atoms with Crippen LogP contribution in [0.3, 0.4) is 0 Å². The zero-order valence-corrected chi connectivity index (χ0v) is 26.7. The summed E-state index contributed by atoms with van der Waals surface area (Å²) < 4.78 is 0. The standard InChI is InChI=1S/C28H42O3.C2H7P.C2H6.H2S/c1-17(18-4-5-19(16-29)26(31)14-18)23-8-9-24-22-7-6-20-15-21(30)10-12-27(20,2)25(22)11-13-28(23,24)3;1-2-3;1-2;/h5-6,17-18,21-25,29-30H,4,7-16H2,1-3H3;2-3H2,1H3;1-2H3;1H2/t17-,18?,21?,22?,23?,24?,25?,27?,28?;;;/m1.../s1. The third-order valence-corrected chi connectivity index (χ3v) is 11.2. The van der Waals surface area contributed by atoms with Crippen molar-refractivity contribution >= 4 is 28.5 Å². The van der Waals surface area contributed by atoms with Crippen molar-refractivity contribution < 1.29 is 15.0 Å². The monoisotopic (exact) mass is 552 g/mol. The Morgan fingerprint density at radius 2 is 1.70 bits per heavy atom. The predicted molar refractivity (Wildman–Crippen MR) is 165 cm³/mol. The molecule has 0 radical (unpaired) electrons. The maximum absolute atomic E-state index is 12.4. The summed E-state index contributed by atoms with van der Waals surface area (Å²) in [4.78, 5) is 12.4. The Balaban J connectivity index is 0.000000750. The third-order valence-electron chi connectivity index (χ3n) is 11.2. The first-order valence-corrected chi connectivity index (χ1v) is 15.9. The van der Waals surface area contributed by atoms with E-state index in [0.29, 0.717) is 40.6 Å². The van der Waals surface area contributed by atoms with E-state index in [9.17, 15) is 15.0 Å². The number of rotatable bonds is 3. The molecule has 0 aromatic heterocycles. The molecule has 3 saturated carbocycles. The van der Waals surface area contributed by atoms with Crippen LogP contribution < -0.4 is 0 Å². The van der Waals surface area contributed by atoms with Crippen LogP contribution in [-0.2, 0) is 4.79 Å². The summed E-state index contributed by atoms with van der Waals surface area (Å²) in [6.45, 7) is 13.5. The van der Waals surface area contributed by atoms with E-state index in [2.05, 4.69) is 43.0 Å². The van der Waals surface area contributed by atoms with E-state index in [-0.39, 0.29) is 32.0 Å². The summed E-state index contributed by atoms with van der Waals surface area (Å²) in [5.41, 5.74) is 2.91. The van der Waals surface area contributed by atoms with Crippen LogP contribution in [0.15, 0.2) is 23.3 Å². The van der Waals surface area contributed by atoms with Gasteiger partial charge in [0.1, 0.15) is 0 Å². The van der Waals surface area contributed by atoms with Gasteiger partial charge in [0.05, 0.1) is 12.7 Å². The van der Waals surface area contributed by atoms with Gasteiger partial charge in [0.25, 0.3) is 0 Å². The van der Waals surface area contributed by atoms with Crippen LogP contribution in [0.2, 0.25) is 0 Å². The topological polar surface area (TPSA) is 57.5 Å². The molecule has 5 heteroatoms. The lowest BCUT2D eigenvalue weighted by Gasteiger charge is -2.58. The number of hydrogen-bond acceptors (Lipinski definition) is 3. The molecule has 9 unspecified atom stereocenters. The molecule has 0 saturated heterocycles. The summed E-state index contributed by atoms with van der Waals surface area (Å²) >= 11 is 0. The maximum atomic E-state index is 12.4. The lowest BCUT2D eigenvalue weighted by atomic mass is 9.46. The second kappa shape index (κ2) is 14.0. The first-order chi connectivity index (χ1) is 17.2. The van der Waals surface area contributed by atoms with Crippen LogP contribution in [-0.4, -0.2) is 34.9 Å². The molecular weight excluding hydrogens is 495 g/mol. The number of ketones is 1. The van der Waals surface area contributed by atoms with Crippen LogP contribution in [0.1, 0.15) is 106 Å². The maximum Gasteiger partial charge on any atom is 0.161 e. The summed E-state index contributed by atoms with van der Waals surface area (Å²) in [7, 11) is 2.58. The van der Waals surface area contributed by atoms with Crippen molar-refractivity contribution in [3.05, 3.63) is 23.3 Å². The van der Waals surface area contributed by atoms with Gasteiger partial charge in [-0.3, -0.25) is 4.79 Å². The van der Waals surface area contributed by atoms with Gasteiger partial charge in [0.2, 0.25) is 0 Å². The van der Waals surface area contributed by atoms with Crippen molar-refractivity contribution in [2.24, 2.45) is 46.3 Å². The molecule has 0 bridgehead atoms. The van der Waals surface area contributed by atoms with Gasteiger partial charge in [-0.2, -0.15) is 13.5 Å². The average molecular weight is 553 g/mol. The molecule has 0 amide bonds. The predicted octanol–water partition coefficient (Wildman–Crippen LogP) is 7.48. The highest BCUT2D eigenvalue weighted by Crippen LogP contribution is 2.67. The third kappa shape index (κ3) is 6.28. The molecule has 37 heavy (non-hydrogen) atoms. The van der Waals surface area contributed by atoms with Crippen LogP contribution in [0.25, 0.3) is 0 Å². The summed E-state index contributed by atoms with van der Waals surface area (Å²) in [5, 5.41) is 19.7. The van der Waals surface area contributed by atoms with Gasteiger partial charge in [0, 0.05) is 12.0 Å². The van der Waals surface area contributed by atoms with Gasteiger partial charge in [-0.1, -0.05) is 59.3 Å².